The van der Waals surface area contributed by atoms with E-state index in [0.29, 0.717) is 19.6 Å². The van der Waals surface area contributed by atoms with Crippen LogP contribution in [-0.4, -0.2) is 48.0 Å². The Labute approximate surface area is 114 Å². The van der Waals surface area contributed by atoms with E-state index in [1.165, 1.54) is 0 Å². The van der Waals surface area contributed by atoms with Gasteiger partial charge in [-0.15, -0.1) is 0 Å². The highest BCUT2D eigenvalue weighted by Gasteiger charge is 2.07. The number of anilines is 2. The SMILES string of the molecule is CCCNc1ncnc(NCCC(O)COC)c1C. The molecule has 1 heterocycles. The molecule has 0 aromatic carbocycles. The highest BCUT2D eigenvalue weighted by atomic mass is 16.5. The Morgan fingerprint density at radius 2 is 1.89 bits per heavy atom. The summed E-state index contributed by atoms with van der Waals surface area (Å²) in [6, 6.07) is 0. The van der Waals surface area contributed by atoms with Gasteiger partial charge in [0.1, 0.15) is 18.0 Å². The van der Waals surface area contributed by atoms with Gasteiger partial charge in [-0.2, -0.15) is 0 Å². The molecule has 0 fully saturated rings. The first-order chi connectivity index (χ1) is 9.19. The van der Waals surface area contributed by atoms with Crippen molar-refractivity contribution in [2.75, 3.05) is 37.4 Å². The quantitative estimate of drug-likeness (QED) is 0.628. The lowest BCUT2D eigenvalue weighted by Gasteiger charge is -2.14. The van der Waals surface area contributed by atoms with E-state index in [1.807, 2.05) is 6.92 Å². The number of rotatable bonds is 9. The van der Waals surface area contributed by atoms with Gasteiger partial charge < -0.3 is 20.5 Å². The predicted molar refractivity (Wildman–Crippen MR) is 76.5 cm³/mol. The molecular formula is C13H24N4O2. The van der Waals surface area contributed by atoms with E-state index < -0.39 is 6.10 Å². The fourth-order valence-electron chi connectivity index (χ4n) is 1.68. The molecule has 0 spiro atoms. The van der Waals surface area contributed by atoms with Gasteiger partial charge in [0.25, 0.3) is 0 Å². The average molecular weight is 268 g/mol. The second kappa shape index (κ2) is 8.66. The van der Waals surface area contributed by atoms with Gasteiger partial charge in [0.15, 0.2) is 0 Å². The van der Waals surface area contributed by atoms with Crippen molar-refractivity contribution in [3.63, 3.8) is 0 Å². The number of nitrogens with one attached hydrogen (secondary N) is 2. The lowest BCUT2D eigenvalue weighted by molar-refractivity contribution is 0.0615. The minimum Gasteiger partial charge on any atom is -0.391 e. The lowest BCUT2D eigenvalue weighted by atomic mass is 10.2. The number of nitrogens with zero attached hydrogens (tertiary/aromatic N) is 2. The molecule has 108 valence electrons. The van der Waals surface area contributed by atoms with Crippen LogP contribution in [0.1, 0.15) is 25.3 Å². The Bertz CT molecular complexity index is 374. The molecule has 0 saturated carbocycles. The van der Waals surface area contributed by atoms with E-state index >= 15 is 0 Å². The first-order valence-corrected chi connectivity index (χ1v) is 6.65. The molecule has 1 atom stereocenters. The van der Waals surface area contributed by atoms with Crippen molar-refractivity contribution in [3.8, 4) is 0 Å². The fraction of sp³-hybridized carbons (Fsp3) is 0.692. The van der Waals surface area contributed by atoms with Crippen LogP contribution < -0.4 is 10.6 Å². The number of methoxy groups -OCH3 is 1. The highest BCUT2D eigenvalue weighted by Crippen LogP contribution is 2.17. The summed E-state index contributed by atoms with van der Waals surface area (Å²) in [5, 5.41) is 16.0. The Morgan fingerprint density at radius 3 is 2.47 bits per heavy atom. The molecule has 0 aliphatic heterocycles. The van der Waals surface area contributed by atoms with Crippen LogP contribution in [0.3, 0.4) is 0 Å². The molecule has 0 bridgehead atoms. The van der Waals surface area contributed by atoms with Crippen molar-refractivity contribution in [2.24, 2.45) is 0 Å². The number of aromatic nitrogens is 2. The van der Waals surface area contributed by atoms with Crippen LogP contribution in [0.15, 0.2) is 6.33 Å². The second-order valence-corrected chi connectivity index (χ2v) is 4.45. The smallest absolute Gasteiger partial charge is 0.134 e. The van der Waals surface area contributed by atoms with Crippen molar-refractivity contribution >= 4 is 11.6 Å². The van der Waals surface area contributed by atoms with Gasteiger partial charge in [0, 0.05) is 25.8 Å². The summed E-state index contributed by atoms with van der Waals surface area (Å²) >= 11 is 0. The Hall–Kier alpha value is -1.40. The normalized spacial score (nSPS) is 12.2. The van der Waals surface area contributed by atoms with Crippen LogP contribution in [0.4, 0.5) is 11.6 Å². The first-order valence-electron chi connectivity index (χ1n) is 6.65. The first kappa shape index (κ1) is 15.7. The molecule has 0 aliphatic carbocycles. The summed E-state index contributed by atoms with van der Waals surface area (Å²) < 4.78 is 4.88. The fourth-order valence-corrected chi connectivity index (χ4v) is 1.68. The van der Waals surface area contributed by atoms with Gasteiger partial charge in [-0.25, -0.2) is 9.97 Å². The van der Waals surface area contributed by atoms with Crippen molar-refractivity contribution in [2.45, 2.75) is 32.8 Å². The maximum absolute atomic E-state index is 9.56. The Kier molecular flexibility index (Phi) is 7.14. The van der Waals surface area contributed by atoms with Crippen molar-refractivity contribution in [3.05, 3.63) is 11.9 Å². The number of hydrogen-bond donors (Lipinski definition) is 3. The Balaban J connectivity index is 2.49. The molecule has 0 saturated heterocycles. The molecular weight excluding hydrogens is 244 g/mol. The molecule has 0 radical (unpaired) electrons. The number of ether oxygens (including phenoxy) is 1. The van der Waals surface area contributed by atoms with Gasteiger partial charge in [-0.1, -0.05) is 6.92 Å². The third kappa shape index (κ3) is 5.40. The van der Waals surface area contributed by atoms with Gasteiger partial charge in [-0.05, 0) is 19.8 Å². The van der Waals surface area contributed by atoms with Crippen LogP contribution in [-0.2, 0) is 4.74 Å². The molecule has 1 aromatic rings. The minimum atomic E-state index is -0.447. The molecule has 1 rings (SSSR count). The zero-order valence-electron chi connectivity index (χ0n) is 11.9. The molecule has 1 unspecified atom stereocenters. The van der Waals surface area contributed by atoms with Gasteiger partial charge in [0.2, 0.25) is 0 Å². The third-order valence-corrected chi connectivity index (χ3v) is 2.76. The molecule has 0 amide bonds. The zero-order chi connectivity index (χ0) is 14.1. The molecule has 1 aromatic heterocycles. The zero-order valence-corrected chi connectivity index (χ0v) is 11.9. The van der Waals surface area contributed by atoms with E-state index in [-0.39, 0.29) is 0 Å². The van der Waals surface area contributed by atoms with Gasteiger partial charge in [0.05, 0.1) is 12.7 Å². The van der Waals surface area contributed by atoms with E-state index in [1.54, 1.807) is 13.4 Å². The van der Waals surface area contributed by atoms with Crippen molar-refractivity contribution in [1.82, 2.24) is 9.97 Å². The molecule has 6 nitrogen and oxygen atoms in total. The number of hydrogen-bond acceptors (Lipinski definition) is 6. The summed E-state index contributed by atoms with van der Waals surface area (Å²) in [6.45, 7) is 5.99. The Morgan fingerprint density at radius 1 is 1.26 bits per heavy atom. The second-order valence-electron chi connectivity index (χ2n) is 4.45. The van der Waals surface area contributed by atoms with Crippen LogP contribution in [0, 0.1) is 6.92 Å². The maximum atomic E-state index is 9.56. The topological polar surface area (TPSA) is 79.3 Å². The molecule has 19 heavy (non-hydrogen) atoms. The summed E-state index contributed by atoms with van der Waals surface area (Å²) in [5.41, 5.74) is 0.997. The molecule has 3 N–H and O–H groups in total. The van der Waals surface area contributed by atoms with Crippen molar-refractivity contribution in [1.29, 1.82) is 0 Å². The minimum absolute atomic E-state index is 0.355. The van der Waals surface area contributed by atoms with E-state index in [9.17, 15) is 5.11 Å². The van der Waals surface area contributed by atoms with E-state index in [0.717, 1.165) is 30.2 Å². The summed E-state index contributed by atoms with van der Waals surface area (Å²) in [5.74, 6) is 1.66. The predicted octanol–water partition coefficient (Wildman–Crippen LogP) is 1.42. The number of aliphatic hydroxyl groups is 1. The van der Waals surface area contributed by atoms with E-state index in [2.05, 4.69) is 27.5 Å². The lowest BCUT2D eigenvalue weighted by Crippen LogP contribution is -2.19. The van der Waals surface area contributed by atoms with Crippen LogP contribution >= 0.6 is 0 Å². The largest absolute Gasteiger partial charge is 0.391 e. The summed E-state index contributed by atoms with van der Waals surface area (Å²) in [4.78, 5) is 8.43. The van der Waals surface area contributed by atoms with Crippen LogP contribution in [0.25, 0.3) is 0 Å². The monoisotopic (exact) mass is 268 g/mol. The highest BCUT2D eigenvalue weighted by molar-refractivity contribution is 5.56. The molecule has 0 aliphatic rings. The molecule has 6 heteroatoms. The van der Waals surface area contributed by atoms with Crippen molar-refractivity contribution < 1.29 is 9.84 Å². The summed E-state index contributed by atoms with van der Waals surface area (Å²) in [7, 11) is 1.58. The van der Waals surface area contributed by atoms with Gasteiger partial charge >= 0.3 is 0 Å². The maximum Gasteiger partial charge on any atom is 0.134 e. The van der Waals surface area contributed by atoms with Crippen LogP contribution in [0.2, 0.25) is 0 Å². The standard InChI is InChI=1S/C13H24N4O2/c1-4-6-14-12-10(2)13(17-9-16-12)15-7-5-11(18)8-19-3/h9,11,18H,4-8H2,1-3H3,(H2,14,15,16,17). The van der Waals surface area contributed by atoms with Gasteiger partial charge in [-0.3, -0.25) is 0 Å². The number of aliphatic hydroxyl groups excluding tert-OH is 1. The summed E-state index contributed by atoms with van der Waals surface area (Å²) in [6.07, 6.45) is 2.76. The average Bonchev–Trinajstić information content (AvgIpc) is 2.40. The van der Waals surface area contributed by atoms with E-state index in [4.69, 9.17) is 4.74 Å². The third-order valence-electron chi connectivity index (χ3n) is 2.76. The van der Waals surface area contributed by atoms with Crippen LogP contribution in [0.5, 0.6) is 0 Å².